The fraction of sp³-hybridized carbons (Fsp3) is 0.500. The van der Waals surface area contributed by atoms with Crippen molar-refractivity contribution in [2.45, 2.75) is 32.7 Å². The topological polar surface area (TPSA) is 33.2 Å². The third kappa shape index (κ3) is 2.35. The van der Waals surface area contributed by atoms with E-state index in [1.54, 1.807) is 12.1 Å². The molecular formula is C12H15ClN2O. The summed E-state index contributed by atoms with van der Waals surface area (Å²) in [6.45, 7) is 4.60. The molecule has 0 bridgehead atoms. The highest BCUT2D eigenvalue weighted by atomic mass is 35.5. The number of aromatic nitrogens is 1. The summed E-state index contributed by atoms with van der Waals surface area (Å²) in [6, 6.07) is 3.87. The van der Waals surface area contributed by atoms with E-state index in [2.05, 4.69) is 4.98 Å². The highest BCUT2D eigenvalue weighted by molar-refractivity contribution is 6.29. The summed E-state index contributed by atoms with van der Waals surface area (Å²) < 4.78 is 0. The Morgan fingerprint density at radius 1 is 1.56 bits per heavy atom. The molecule has 0 atom stereocenters. The van der Waals surface area contributed by atoms with Gasteiger partial charge in [-0.3, -0.25) is 4.79 Å². The van der Waals surface area contributed by atoms with Crippen LogP contribution in [-0.4, -0.2) is 28.4 Å². The average Bonchev–Trinajstić information content (AvgIpc) is 3.01. The minimum atomic E-state index is 0.0670. The minimum absolute atomic E-state index is 0.0670. The van der Waals surface area contributed by atoms with Crippen molar-refractivity contribution in [1.29, 1.82) is 0 Å². The molecule has 0 saturated heterocycles. The van der Waals surface area contributed by atoms with Crippen LogP contribution in [0.1, 0.15) is 35.8 Å². The molecule has 16 heavy (non-hydrogen) atoms. The number of aryl methyl sites for hydroxylation is 1. The number of halogens is 1. The van der Waals surface area contributed by atoms with E-state index >= 15 is 0 Å². The molecule has 0 aliphatic heterocycles. The molecule has 1 saturated carbocycles. The number of nitrogens with zero attached hydrogens (tertiary/aromatic N) is 2. The molecule has 0 aromatic carbocycles. The Morgan fingerprint density at radius 3 is 2.75 bits per heavy atom. The first-order valence-corrected chi connectivity index (χ1v) is 5.94. The van der Waals surface area contributed by atoms with Crippen LogP contribution >= 0.6 is 11.6 Å². The maximum atomic E-state index is 12.2. The first kappa shape index (κ1) is 11.4. The van der Waals surface area contributed by atoms with Gasteiger partial charge in [0, 0.05) is 23.8 Å². The number of rotatable bonds is 3. The Morgan fingerprint density at radius 2 is 2.25 bits per heavy atom. The van der Waals surface area contributed by atoms with Crippen LogP contribution in [0.5, 0.6) is 0 Å². The molecule has 4 heteroatoms. The van der Waals surface area contributed by atoms with E-state index in [4.69, 9.17) is 11.6 Å². The maximum Gasteiger partial charge on any atom is 0.254 e. The number of hydrogen-bond acceptors (Lipinski definition) is 2. The molecule has 1 aliphatic rings. The van der Waals surface area contributed by atoms with Crippen molar-refractivity contribution in [2.24, 2.45) is 0 Å². The number of carbonyl (C=O) groups excluding carboxylic acids is 1. The summed E-state index contributed by atoms with van der Waals surface area (Å²) in [5, 5.41) is 0.384. The number of pyridine rings is 1. The lowest BCUT2D eigenvalue weighted by Gasteiger charge is -2.20. The van der Waals surface area contributed by atoms with Crippen molar-refractivity contribution in [3.8, 4) is 0 Å². The quantitative estimate of drug-likeness (QED) is 0.759. The number of hydrogen-bond donors (Lipinski definition) is 0. The molecule has 1 amide bonds. The highest BCUT2D eigenvalue weighted by Crippen LogP contribution is 2.28. The highest BCUT2D eigenvalue weighted by Gasteiger charge is 2.31. The summed E-state index contributed by atoms with van der Waals surface area (Å²) >= 11 is 5.86. The molecule has 0 N–H and O–H groups in total. The van der Waals surface area contributed by atoms with Gasteiger partial charge in [0.25, 0.3) is 5.91 Å². The Hall–Kier alpha value is -1.09. The van der Waals surface area contributed by atoms with Crippen LogP contribution in [0.2, 0.25) is 5.15 Å². The fourth-order valence-electron chi connectivity index (χ4n) is 1.87. The van der Waals surface area contributed by atoms with Gasteiger partial charge in [-0.15, -0.1) is 0 Å². The summed E-state index contributed by atoms with van der Waals surface area (Å²) in [4.78, 5) is 18.2. The second kappa shape index (κ2) is 4.42. The standard InChI is InChI=1S/C12H15ClN2O/c1-3-15(10-4-5-10)12(16)9-6-8(2)14-11(13)7-9/h6-7,10H,3-5H2,1-2H3. The van der Waals surface area contributed by atoms with E-state index in [1.807, 2.05) is 18.7 Å². The van der Waals surface area contributed by atoms with Crippen LogP contribution < -0.4 is 0 Å². The molecule has 1 aliphatic carbocycles. The average molecular weight is 239 g/mol. The van der Waals surface area contributed by atoms with Crippen LogP contribution in [-0.2, 0) is 0 Å². The third-order valence-corrected chi connectivity index (χ3v) is 2.95. The predicted molar refractivity (Wildman–Crippen MR) is 63.7 cm³/mol. The van der Waals surface area contributed by atoms with Crippen molar-refractivity contribution in [2.75, 3.05) is 6.54 Å². The van der Waals surface area contributed by atoms with Crippen LogP contribution in [0, 0.1) is 6.92 Å². The molecule has 1 heterocycles. The smallest absolute Gasteiger partial charge is 0.254 e. The Labute approximate surface area is 100 Å². The number of carbonyl (C=O) groups is 1. The summed E-state index contributed by atoms with van der Waals surface area (Å²) in [6.07, 6.45) is 2.24. The maximum absolute atomic E-state index is 12.2. The predicted octanol–water partition coefficient (Wildman–Crippen LogP) is 2.67. The van der Waals surface area contributed by atoms with Crippen molar-refractivity contribution in [3.05, 3.63) is 28.5 Å². The molecule has 3 nitrogen and oxygen atoms in total. The molecule has 1 aromatic rings. The Kier molecular flexibility index (Phi) is 3.15. The molecule has 1 fully saturated rings. The lowest BCUT2D eigenvalue weighted by Crippen LogP contribution is -2.32. The second-order valence-electron chi connectivity index (χ2n) is 4.14. The van der Waals surface area contributed by atoms with Crippen molar-refractivity contribution < 1.29 is 4.79 Å². The van der Waals surface area contributed by atoms with Gasteiger partial charge in [-0.05, 0) is 38.8 Å². The zero-order chi connectivity index (χ0) is 11.7. The van der Waals surface area contributed by atoms with Gasteiger partial charge in [-0.2, -0.15) is 0 Å². The first-order valence-electron chi connectivity index (χ1n) is 5.57. The zero-order valence-corrected chi connectivity index (χ0v) is 10.3. The summed E-state index contributed by atoms with van der Waals surface area (Å²) in [5.41, 5.74) is 1.42. The molecule has 2 rings (SSSR count). The lowest BCUT2D eigenvalue weighted by molar-refractivity contribution is 0.0752. The molecule has 0 spiro atoms. The van der Waals surface area contributed by atoms with E-state index in [9.17, 15) is 4.79 Å². The molecule has 0 unspecified atom stereocenters. The van der Waals surface area contributed by atoms with E-state index in [1.165, 1.54) is 0 Å². The van der Waals surface area contributed by atoms with Gasteiger partial charge in [0.1, 0.15) is 5.15 Å². The van der Waals surface area contributed by atoms with E-state index in [0.29, 0.717) is 16.8 Å². The summed E-state index contributed by atoms with van der Waals surface area (Å²) in [5.74, 6) is 0.0670. The van der Waals surface area contributed by atoms with Crippen molar-refractivity contribution in [3.63, 3.8) is 0 Å². The van der Waals surface area contributed by atoms with Crippen LogP contribution in [0.3, 0.4) is 0 Å². The third-order valence-electron chi connectivity index (χ3n) is 2.76. The first-order chi connectivity index (χ1) is 7.61. The normalized spacial score (nSPS) is 14.9. The van der Waals surface area contributed by atoms with Crippen LogP contribution in [0.15, 0.2) is 12.1 Å². The van der Waals surface area contributed by atoms with Crippen LogP contribution in [0.4, 0.5) is 0 Å². The Bertz CT molecular complexity index is 395. The molecule has 1 aromatic heterocycles. The SMILES string of the molecule is CCN(C(=O)c1cc(C)nc(Cl)c1)C1CC1. The van der Waals surface area contributed by atoms with Crippen molar-refractivity contribution >= 4 is 17.5 Å². The van der Waals surface area contributed by atoms with Gasteiger partial charge >= 0.3 is 0 Å². The van der Waals surface area contributed by atoms with Gasteiger partial charge in [0.15, 0.2) is 0 Å². The Balaban J connectivity index is 2.24. The van der Waals surface area contributed by atoms with Gasteiger partial charge in [0.2, 0.25) is 0 Å². The largest absolute Gasteiger partial charge is 0.336 e. The van der Waals surface area contributed by atoms with E-state index in [0.717, 1.165) is 25.1 Å². The van der Waals surface area contributed by atoms with Crippen LogP contribution in [0.25, 0.3) is 0 Å². The van der Waals surface area contributed by atoms with Crippen molar-refractivity contribution in [1.82, 2.24) is 9.88 Å². The molecular weight excluding hydrogens is 224 g/mol. The lowest BCUT2D eigenvalue weighted by atomic mass is 10.2. The summed E-state index contributed by atoms with van der Waals surface area (Å²) in [7, 11) is 0. The minimum Gasteiger partial charge on any atom is -0.336 e. The van der Waals surface area contributed by atoms with Gasteiger partial charge in [-0.1, -0.05) is 11.6 Å². The van der Waals surface area contributed by atoms with Gasteiger partial charge in [0.05, 0.1) is 0 Å². The zero-order valence-electron chi connectivity index (χ0n) is 9.53. The van der Waals surface area contributed by atoms with Gasteiger partial charge in [-0.25, -0.2) is 4.98 Å². The van der Waals surface area contributed by atoms with E-state index < -0.39 is 0 Å². The fourth-order valence-corrected chi connectivity index (χ4v) is 2.12. The monoisotopic (exact) mass is 238 g/mol. The van der Waals surface area contributed by atoms with Gasteiger partial charge < -0.3 is 4.90 Å². The second-order valence-corrected chi connectivity index (χ2v) is 4.53. The van der Waals surface area contributed by atoms with E-state index in [-0.39, 0.29) is 5.91 Å². The molecule has 86 valence electrons. The molecule has 0 radical (unpaired) electrons. The number of amides is 1.